The molecule has 3 aliphatic carbocycles. The second kappa shape index (κ2) is 17.9. The molecule has 298 valence electrons. The number of fused-ring (bicyclic) bond motifs is 5. The van der Waals surface area contributed by atoms with Crippen molar-refractivity contribution in [3.05, 3.63) is 36.0 Å². The first-order chi connectivity index (χ1) is 25.4. The Morgan fingerprint density at radius 2 is 1.70 bits per heavy atom. The summed E-state index contributed by atoms with van der Waals surface area (Å²) in [7, 11) is 7.27. The summed E-state index contributed by atoms with van der Waals surface area (Å²) in [4.78, 5) is 30.5. The molecule has 6 rings (SSSR count). The normalized spacial score (nSPS) is 45.2. The minimum Gasteiger partial charge on any atom is -0.458 e. The Kier molecular flexibility index (Phi) is 13.7. The molecule has 11 nitrogen and oxygen atoms in total. The van der Waals surface area contributed by atoms with Gasteiger partial charge in [-0.05, 0) is 115 Å². The zero-order valence-corrected chi connectivity index (χ0v) is 33.1. The number of aliphatic hydroxyl groups excluding tert-OH is 1. The molecule has 17 atom stereocenters. The van der Waals surface area contributed by atoms with Crippen LogP contribution in [0.15, 0.2) is 36.0 Å². The maximum atomic E-state index is 14.7. The SMILES string of the molecule is CCC=C[C@H]1CCC[C@H](OC2CC[C@H](N(C)C)[C@@H](C)O2)[C@@H](C)C(=O)C2=CC3C(C=CC4C[C@@H](O[C@@H]5O[C@@H](C)[C@H](OC)[C@@H](O)[C@H]5OC)CC43)C2CC(=O)O1. The number of aliphatic hydroxyl groups is 1. The summed E-state index contributed by atoms with van der Waals surface area (Å²) in [5.74, 6) is -0.284. The van der Waals surface area contributed by atoms with Crippen molar-refractivity contribution in [1.82, 2.24) is 4.90 Å². The van der Waals surface area contributed by atoms with E-state index in [0.29, 0.717) is 18.9 Å². The van der Waals surface area contributed by atoms with E-state index in [9.17, 15) is 14.7 Å². The quantitative estimate of drug-likeness (QED) is 0.242. The molecule has 1 N–H and O–H groups in total. The molecule has 3 saturated heterocycles. The summed E-state index contributed by atoms with van der Waals surface area (Å²) in [6.45, 7) is 8.05. The lowest BCUT2D eigenvalue weighted by Crippen LogP contribution is -2.59. The summed E-state index contributed by atoms with van der Waals surface area (Å²) in [5.41, 5.74) is 0.733. The number of carbonyl (C=O) groups is 2. The number of Topliss-reactive ketones (excluding diaryl/α,β-unsaturated/α-hetero) is 1. The molecule has 0 radical (unpaired) electrons. The van der Waals surface area contributed by atoms with E-state index in [0.717, 1.165) is 44.1 Å². The van der Waals surface area contributed by atoms with Gasteiger partial charge in [0.15, 0.2) is 18.4 Å². The lowest BCUT2D eigenvalue weighted by atomic mass is 9.70. The van der Waals surface area contributed by atoms with Gasteiger partial charge in [-0.15, -0.1) is 0 Å². The van der Waals surface area contributed by atoms with Crippen LogP contribution in [0.1, 0.15) is 85.5 Å². The van der Waals surface area contributed by atoms with Crippen molar-refractivity contribution in [1.29, 1.82) is 0 Å². The molecule has 0 aromatic heterocycles. The zero-order chi connectivity index (χ0) is 38.0. The third kappa shape index (κ3) is 8.88. The van der Waals surface area contributed by atoms with Crippen LogP contribution in [0.4, 0.5) is 0 Å². The molecule has 3 heterocycles. The lowest BCUT2D eigenvalue weighted by Gasteiger charge is -2.42. The number of carbonyl (C=O) groups excluding carboxylic acids is 2. The fourth-order valence-corrected chi connectivity index (χ4v) is 10.3. The number of ether oxygens (including phenoxy) is 7. The van der Waals surface area contributed by atoms with Gasteiger partial charge in [-0.2, -0.15) is 0 Å². The zero-order valence-electron chi connectivity index (χ0n) is 33.1. The van der Waals surface area contributed by atoms with Crippen LogP contribution in [-0.4, -0.2) is 118 Å². The number of likely N-dealkylation sites (N-methyl/N-ethyl adjacent to an activating group) is 1. The van der Waals surface area contributed by atoms with Crippen LogP contribution in [0.2, 0.25) is 0 Å². The van der Waals surface area contributed by atoms with E-state index in [1.807, 2.05) is 19.9 Å². The molecule has 0 spiro atoms. The first kappa shape index (κ1) is 40.7. The summed E-state index contributed by atoms with van der Waals surface area (Å²) in [6.07, 6.45) is 12.9. The standard InChI is InChI=1S/C42H65NO10/c1-9-10-12-27-13-11-14-35(53-37-18-17-34(43(5)6)24(3)49-37)23(2)38(45)33-21-31-29(32(33)22-36(44)51-27)16-15-26-19-28(20-30(26)31)52-42-41(48-8)39(46)40(47-7)25(4)50-42/h10,12,15-16,21,23-32,34-35,37,39-42,46H,9,11,13-14,17-20,22H2,1-8H3/t23-,24-,25+,26?,27+,28-,29?,30?,31?,32?,34+,35+,37?,39-,40+,41-,42+/m1/s1. The van der Waals surface area contributed by atoms with Crippen molar-refractivity contribution in [3.8, 4) is 0 Å². The number of cyclic esters (lactones) is 1. The number of hydrogen-bond acceptors (Lipinski definition) is 11. The van der Waals surface area contributed by atoms with Crippen LogP contribution >= 0.6 is 0 Å². The monoisotopic (exact) mass is 743 g/mol. The van der Waals surface area contributed by atoms with Crippen molar-refractivity contribution in [2.24, 2.45) is 35.5 Å². The Labute approximate surface area is 316 Å². The Hall–Kier alpha value is -1.96. The van der Waals surface area contributed by atoms with E-state index >= 15 is 0 Å². The third-order valence-electron chi connectivity index (χ3n) is 13.1. The molecule has 0 aromatic carbocycles. The Bertz CT molecular complexity index is 1350. The van der Waals surface area contributed by atoms with E-state index in [1.54, 1.807) is 14.2 Å². The van der Waals surface area contributed by atoms with Gasteiger partial charge in [-0.3, -0.25) is 9.59 Å². The Morgan fingerprint density at radius 1 is 0.925 bits per heavy atom. The fraction of sp³-hybridized carbons (Fsp3) is 0.810. The lowest BCUT2D eigenvalue weighted by molar-refractivity contribution is -0.311. The molecule has 11 heteroatoms. The number of ketones is 1. The van der Waals surface area contributed by atoms with Crippen LogP contribution in [0.25, 0.3) is 0 Å². The van der Waals surface area contributed by atoms with E-state index in [2.05, 4.69) is 57.1 Å². The number of allylic oxidation sites excluding steroid dienone is 5. The minimum absolute atomic E-state index is 0.00750. The van der Waals surface area contributed by atoms with Crippen LogP contribution in [0.3, 0.4) is 0 Å². The topological polar surface area (TPSA) is 122 Å². The predicted molar refractivity (Wildman–Crippen MR) is 199 cm³/mol. The molecule has 0 amide bonds. The highest BCUT2D eigenvalue weighted by Crippen LogP contribution is 2.54. The van der Waals surface area contributed by atoms with E-state index in [1.165, 1.54) is 0 Å². The molecular weight excluding hydrogens is 678 g/mol. The van der Waals surface area contributed by atoms with Crippen LogP contribution in [0, 0.1) is 35.5 Å². The Balaban J connectivity index is 1.22. The molecule has 53 heavy (non-hydrogen) atoms. The summed E-state index contributed by atoms with van der Waals surface area (Å²) in [5, 5.41) is 11.0. The van der Waals surface area contributed by atoms with Gasteiger partial charge >= 0.3 is 5.97 Å². The number of esters is 1. The van der Waals surface area contributed by atoms with E-state index < -0.39 is 30.5 Å². The minimum atomic E-state index is -0.885. The second-order valence-electron chi connectivity index (χ2n) is 16.6. The Morgan fingerprint density at radius 3 is 2.40 bits per heavy atom. The summed E-state index contributed by atoms with van der Waals surface area (Å²) >= 11 is 0. The van der Waals surface area contributed by atoms with Crippen molar-refractivity contribution in [2.45, 2.75) is 153 Å². The van der Waals surface area contributed by atoms with Gasteiger partial charge in [0.2, 0.25) is 0 Å². The van der Waals surface area contributed by atoms with Crippen LogP contribution in [-0.2, 0) is 42.7 Å². The highest BCUT2D eigenvalue weighted by atomic mass is 16.7. The number of rotatable bonds is 9. The highest BCUT2D eigenvalue weighted by molar-refractivity contribution is 5.99. The molecule has 0 aromatic rings. The summed E-state index contributed by atoms with van der Waals surface area (Å²) < 4.78 is 43.1. The van der Waals surface area contributed by atoms with Gasteiger partial charge in [0.1, 0.15) is 24.4 Å². The maximum Gasteiger partial charge on any atom is 0.307 e. The van der Waals surface area contributed by atoms with Gasteiger partial charge in [0.25, 0.3) is 0 Å². The number of hydrogen-bond donors (Lipinski definition) is 1. The van der Waals surface area contributed by atoms with Gasteiger partial charge in [-0.1, -0.05) is 38.2 Å². The third-order valence-corrected chi connectivity index (χ3v) is 13.1. The molecule has 4 fully saturated rings. The van der Waals surface area contributed by atoms with Gasteiger partial charge < -0.3 is 43.2 Å². The maximum absolute atomic E-state index is 14.7. The molecule has 6 aliphatic rings. The largest absolute Gasteiger partial charge is 0.458 e. The first-order valence-corrected chi connectivity index (χ1v) is 20.3. The van der Waals surface area contributed by atoms with Crippen molar-refractivity contribution >= 4 is 11.8 Å². The highest BCUT2D eigenvalue weighted by Gasteiger charge is 2.52. The fourth-order valence-electron chi connectivity index (χ4n) is 10.3. The first-order valence-electron chi connectivity index (χ1n) is 20.3. The molecular formula is C42H65NO10. The van der Waals surface area contributed by atoms with Gasteiger partial charge in [0, 0.05) is 32.1 Å². The molecule has 1 saturated carbocycles. The number of nitrogens with zero attached hydrogens (tertiary/aromatic N) is 1. The van der Waals surface area contributed by atoms with E-state index in [4.69, 9.17) is 33.2 Å². The van der Waals surface area contributed by atoms with Crippen molar-refractivity contribution in [2.75, 3.05) is 28.3 Å². The smallest absolute Gasteiger partial charge is 0.307 e. The van der Waals surface area contributed by atoms with Crippen LogP contribution in [0.5, 0.6) is 0 Å². The number of methoxy groups -OCH3 is 2. The predicted octanol–water partition coefficient (Wildman–Crippen LogP) is 5.39. The van der Waals surface area contributed by atoms with E-state index in [-0.39, 0.29) is 84.6 Å². The van der Waals surface area contributed by atoms with Crippen LogP contribution < -0.4 is 0 Å². The molecule has 3 aliphatic heterocycles. The van der Waals surface area contributed by atoms with Crippen molar-refractivity contribution < 1.29 is 47.9 Å². The molecule has 6 unspecified atom stereocenters. The average molecular weight is 744 g/mol. The van der Waals surface area contributed by atoms with Crippen molar-refractivity contribution in [3.63, 3.8) is 0 Å². The second-order valence-corrected chi connectivity index (χ2v) is 16.6. The van der Waals surface area contributed by atoms with Gasteiger partial charge in [-0.25, -0.2) is 0 Å². The molecule has 0 bridgehead atoms. The summed E-state index contributed by atoms with van der Waals surface area (Å²) in [6, 6.07) is 0.325. The van der Waals surface area contributed by atoms with Gasteiger partial charge in [0.05, 0.1) is 30.8 Å². The average Bonchev–Trinajstić information content (AvgIpc) is 3.70.